The second kappa shape index (κ2) is 8.67. The molecule has 2 aromatic carbocycles. The van der Waals surface area contributed by atoms with Gasteiger partial charge in [-0.3, -0.25) is 9.59 Å². The summed E-state index contributed by atoms with van der Waals surface area (Å²) in [5.41, 5.74) is 2.04. The number of aromatic hydroxyl groups is 1. The van der Waals surface area contributed by atoms with E-state index in [1.54, 1.807) is 24.3 Å². The number of carbonyl (C=O) groups is 2. The van der Waals surface area contributed by atoms with Crippen molar-refractivity contribution in [2.24, 2.45) is 0 Å². The molecule has 4 rings (SSSR count). The van der Waals surface area contributed by atoms with Crippen LogP contribution in [0.2, 0.25) is 0 Å². The molecule has 0 unspecified atom stereocenters. The number of aliphatic hydroxyl groups excluding tert-OH is 1. The van der Waals surface area contributed by atoms with Crippen molar-refractivity contribution in [3.63, 3.8) is 0 Å². The molecule has 2 heterocycles. The number of likely N-dealkylation sites (tertiary alicyclic amines) is 1. The minimum Gasteiger partial charge on any atom is -0.508 e. The number of benzene rings is 2. The number of carbonyl (C=O) groups excluding carboxylic acids is 2. The van der Waals surface area contributed by atoms with Crippen LogP contribution in [0.5, 0.6) is 11.5 Å². The zero-order valence-corrected chi connectivity index (χ0v) is 18.5. The predicted octanol–water partition coefficient (Wildman–Crippen LogP) is 3.09. The van der Waals surface area contributed by atoms with E-state index in [1.807, 2.05) is 32.0 Å². The first kappa shape index (κ1) is 21.9. The molecule has 2 aromatic rings. The smallest absolute Gasteiger partial charge is 0.295 e. The number of fused-ring (bicyclic) bond motifs is 1. The van der Waals surface area contributed by atoms with E-state index in [-0.39, 0.29) is 23.2 Å². The fraction of sp³-hybridized carbons (Fsp3) is 0.360. The molecular formula is C25H28N2O5. The standard InChI is InChI=1S/C25H28N2O5/c1-15-12-18-13-17(8-9-20(18)32-15)23(29)21-22(16-6-4-7-19(28)14-16)27(25(31)24(21)30)11-5-10-26(2)3/h4,6-9,13-15,22,28-29H,5,10-12H2,1-3H3/t15-,22-/m1/s1. The summed E-state index contributed by atoms with van der Waals surface area (Å²) in [5.74, 6) is -0.774. The molecule has 0 aromatic heterocycles. The van der Waals surface area contributed by atoms with Crippen LogP contribution in [-0.2, 0) is 16.0 Å². The molecule has 2 atom stereocenters. The summed E-state index contributed by atoms with van der Waals surface area (Å²) < 4.78 is 5.73. The molecule has 1 fully saturated rings. The summed E-state index contributed by atoms with van der Waals surface area (Å²) >= 11 is 0. The lowest BCUT2D eigenvalue weighted by molar-refractivity contribution is -0.139. The lowest BCUT2D eigenvalue weighted by Gasteiger charge is -2.26. The van der Waals surface area contributed by atoms with Crippen LogP contribution in [0, 0.1) is 0 Å². The highest BCUT2D eigenvalue weighted by Crippen LogP contribution is 2.41. The van der Waals surface area contributed by atoms with Crippen molar-refractivity contribution in [1.82, 2.24) is 9.80 Å². The van der Waals surface area contributed by atoms with Gasteiger partial charge in [0.2, 0.25) is 0 Å². The highest BCUT2D eigenvalue weighted by Gasteiger charge is 2.46. The van der Waals surface area contributed by atoms with E-state index in [4.69, 9.17) is 4.74 Å². The van der Waals surface area contributed by atoms with Crippen LogP contribution in [0.1, 0.15) is 36.1 Å². The van der Waals surface area contributed by atoms with E-state index in [0.717, 1.165) is 17.9 Å². The predicted molar refractivity (Wildman–Crippen MR) is 121 cm³/mol. The number of aliphatic hydroxyl groups is 1. The number of rotatable bonds is 6. The summed E-state index contributed by atoms with van der Waals surface area (Å²) in [6.07, 6.45) is 1.44. The van der Waals surface area contributed by atoms with Crippen molar-refractivity contribution in [3.8, 4) is 11.5 Å². The first-order valence-electron chi connectivity index (χ1n) is 10.8. The van der Waals surface area contributed by atoms with Gasteiger partial charge in [0.1, 0.15) is 23.4 Å². The van der Waals surface area contributed by atoms with E-state index in [9.17, 15) is 19.8 Å². The number of ketones is 1. The maximum absolute atomic E-state index is 13.1. The third kappa shape index (κ3) is 4.08. The maximum Gasteiger partial charge on any atom is 0.295 e. The van der Waals surface area contributed by atoms with Crippen LogP contribution in [0.25, 0.3) is 5.76 Å². The second-order valence-electron chi connectivity index (χ2n) is 8.70. The van der Waals surface area contributed by atoms with Crippen molar-refractivity contribution < 1.29 is 24.5 Å². The van der Waals surface area contributed by atoms with Crippen LogP contribution < -0.4 is 4.74 Å². The van der Waals surface area contributed by atoms with Gasteiger partial charge in [-0.15, -0.1) is 0 Å². The van der Waals surface area contributed by atoms with Gasteiger partial charge < -0.3 is 24.7 Å². The molecule has 2 N–H and O–H groups in total. The molecule has 7 heteroatoms. The summed E-state index contributed by atoms with van der Waals surface area (Å²) in [6, 6.07) is 11.0. The van der Waals surface area contributed by atoms with E-state index >= 15 is 0 Å². The van der Waals surface area contributed by atoms with E-state index in [0.29, 0.717) is 30.5 Å². The summed E-state index contributed by atoms with van der Waals surface area (Å²) in [6.45, 7) is 3.08. The number of hydrogen-bond donors (Lipinski definition) is 2. The van der Waals surface area contributed by atoms with Crippen molar-refractivity contribution >= 4 is 17.4 Å². The summed E-state index contributed by atoms with van der Waals surface area (Å²) in [7, 11) is 3.89. The third-order valence-corrected chi connectivity index (χ3v) is 5.90. The zero-order valence-electron chi connectivity index (χ0n) is 18.5. The SMILES string of the molecule is C[C@@H]1Cc2cc(C(O)=C3C(=O)C(=O)N(CCCN(C)C)[C@@H]3c3cccc(O)c3)ccc2O1. The van der Waals surface area contributed by atoms with Crippen molar-refractivity contribution in [2.75, 3.05) is 27.2 Å². The lowest BCUT2D eigenvalue weighted by Crippen LogP contribution is -2.32. The Bertz CT molecular complexity index is 1090. The van der Waals surface area contributed by atoms with Crippen LogP contribution in [0.3, 0.4) is 0 Å². The Kier molecular flexibility index (Phi) is 5.93. The molecule has 7 nitrogen and oxygen atoms in total. The molecule has 0 spiro atoms. The third-order valence-electron chi connectivity index (χ3n) is 5.90. The molecule has 0 bridgehead atoms. The molecule has 2 aliphatic rings. The molecule has 32 heavy (non-hydrogen) atoms. The van der Waals surface area contributed by atoms with Gasteiger partial charge in [0.25, 0.3) is 11.7 Å². The molecule has 1 amide bonds. The molecule has 1 saturated heterocycles. The number of nitrogens with zero attached hydrogens (tertiary/aromatic N) is 2. The Labute approximate surface area is 187 Å². The first-order chi connectivity index (χ1) is 15.3. The monoisotopic (exact) mass is 436 g/mol. The number of amides is 1. The molecule has 2 aliphatic heterocycles. The largest absolute Gasteiger partial charge is 0.508 e. The molecule has 0 saturated carbocycles. The molecule has 168 valence electrons. The average molecular weight is 437 g/mol. The van der Waals surface area contributed by atoms with Gasteiger partial charge in [0.05, 0.1) is 11.6 Å². The summed E-state index contributed by atoms with van der Waals surface area (Å²) in [5, 5.41) is 21.2. The Hall–Kier alpha value is -3.32. The summed E-state index contributed by atoms with van der Waals surface area (Å²) in [4.78, 5) is 29.5. The van der Waals surface area contributed by atoms with Gasteiger partial charge in [-0.05, 0) is 75.4 Å². The number of ether oxygens (including phenoxy) is 1. The lowest BCUT2D eigenvalue weighted by atomic mass is 9.94. The van der Waals surface area contributed by atoms with Gasteiger partial charge >= 0.3 is 0 Å². The average Bonchev–Trinajstić information content (AvgIpc) is 3.24. The number of phenolic OH excluding ortho intramolecular Hbond substituents is 1. The van der Waals surface area contributed by atoms with Gasteiger partial charge in [-0.25, -0.2) is 0 Å². The van der Waals surface area contributed by atoms with Crippen LogP contribution in [0.15, 0.2) is 48.0 Å². The Balaban J connectivity index is 1.78. The van der Waals surface area contributed by atoms with Gasteiger partial charge in [0.15, 0.2) is 0 Å². The van der Waals surface area contributed by atoms with Crippen molar-refractivity contribution in [3.05, 3.63) is 64.7 Å². The molecule has 0 radical (unpaired) electrons. The fourth-order valence-electron chi connectivity index (χ4n) is 4.43. The van der Waals surface area contributed by atoms with Crippen LogP contribution >= 0.6 is 0 Å². The Morgan fingerprint density at radius 2 is 1.97 bits per heavy atom. The van der Waals surface area contributed by atoms with Crippen LogP contribution in [0.4, 0.5) is 0 Å². The van der Waals surface area contributed by atoms with Gasteiger partial charge in [0, 0.05) is 18.5 Å². The minimum absolute atomic E-state index is 0.0325. The van der Waals surface area contributed by atoms with E-state index < -0.39 is 17.7 Å². The van der Waals surface area contributed by atoms with Gasteiger partial charge in [-0.1, -0.05) is 12.1 Å². The molecule has 0 aliphatic carbocycles. The quantitative estimate of drug-likeness (QED) is 0.411. The highest BCUT2D eigenvalue weighted by molar-refractivity contribution is 6.46. The number of Topliss-reactive ketones (excluding diaryl/α,β-unsaturated/α-hetero) is 1. The van der Waals surface area contributed by atoms with Gasteiger partial charge in [-0.2, -0.15) is 0 Å². The number of phenols is 1. The molecular weight excluding hydrogens is 408 g/mol. The minimum atomic E-state index is -0.771. The highest BCUT2D eigenvalue weighted by atomic mass is 16.5. The first-order valence-corrected chi connectivity index (χ1v) is 10.8. The van der Waals surface area contributed by atoms with Crippen LogP contribution in [-0.4, -0.2) is 65.0 Å². The van der Waals surface area contributed by atoms with E-state index in [2.05, 4.69) is 0 Å². The normalized spacial score (nSPS) is 21.8. The van der Waals surface area contributed by atoms with Crippen molar-refractivity contribution in [1.29, 1.82) is 0 Å². The Morgan fingerprint density at radius 1 is 1.19 bits per heavy atom. The number of hydrogen-bond acceptors (Lipinski definition) is 6. The zero-order chi connectivity index (χ0) is 23.0. The second-order valence-corrected chi connectivity index (χ2v) is 8.70. The fourth-order valence-corrected chi connectivity index (χ4v) is 4.43. The Morgan fingerprint density at radius 3 is 2.69 bits per heavy atom. The van der Waals surface area contributed by atoms with Crippen molar-refractivity contribution in [2.45, 2.75) is 31.9 Å². The maximum atomic E-state index is 13.1. The van der Waals surface area contributed by atoms with E-state index in [1.165, 1.54) is 17.0 Å². The topological polar surface area (TPSA) is 90.3 Å².